The van der Waals surface area contributed by atoms with E-state index in [1.807, 2.05) is 20.8 Å². The van der Waals surface area contributed by atoms with Gasteiger partial charge in [0.05, 0.1) is 18.5 Å². The van der Waals surface area contributed by atoms with Crippen LogP contribution in [0.3, 0.4) is 0 Å². The van der Waals surface area contributed by atoms with Gasteiger partial charge in [-0.05, 0) is 24.8 Å². The normalized spacial score (nSPS) is 13.5. The average molecular weight is 380 g/mol. The van der Waals surface area contributed by atoms with Crippen LogP contribution in [0.2, 0.25) is 0 Å². The number of hydrogen-bond donors (Lipinski definition) is 1. The summed E-state index contributed by atoms with van der Waals surface area (Å²) in [5.74, 6) is -0.248. The van der Waals surface area contributed by atoms with E-state index in [0.717, 1.165) is 6.42 Å². The van der Waals surface area contributed by atoms with Crippen molar-refractivity contribution in [3.05, 3.63) is 36.4 Å². The van der Waals surface area contributed by atoms with Crippen molar-refractivity contribution in [2.45, 2.75) is 51.7 Å². The second kappa shape index (κ2) is 13.1. The molecule has 5 nitrogen and oxygen atoms in total. The minimum atomic E-state index is -3.30. The number of hydrogen-bond acceptors (Lipinski definition) is 4. The predicted octanol–water partition coefficient (Wildman–Crippen LogP) is 4.10. The average Bonchev–Trinajstić information content (AvgIpc) is 2.56. The van der Waals surface area contributed by atoms with Crippen molar-refractivity contribution in [2.24, 2.45) is 0 Å². The molecule has 1 atom stereocenters. The maximum atomic E-state index is 12.9. The van der Waals surface area contributed by atoms with Crippen molar-refractivity contribution in [3.63, 3.8) is 0 Å². The summed E-state index contributed by atoms with van der Waals surface area (Å²) in [6, 6.07) is 0. The molecular weight excluding hydrogens is 345 g/mol. The number of rotatable bonds is 15. The third kappa shape index (κ3) is 10.4. The van der Waals surface area contributed by atoms with Crippen LogP contribution in [0.5, 0.6) is 0 Å². The molecule has 0 radical (unpaired) electrons. The minimum Gasteiger partial charge on any atom is -0.491 e. The van der Waals surface area contributed by atoms with Gasteiger partial charge in [0.1, 0.15) is 18.2 Å². The van der Waals surface area contributed by atoms with E-state index in [2.05, 4.69) is 17.9 Å². The highest BCUT2D eigenvalue weighted by Crippen LogP contribution is 2.15. The highest BCUT2D eigenvalue weighted by atomic mass is 32.2. The molecule has 148 valence electrons. The van der Waals surface area contributed by atoms with Crippen molar-refractivity contribution in [2.75, 3.05) is 26.4 Å². The predicted molar refractivity (Wildman–Crippen MR) is 103 cm³/mol. The second-order valence-electron chi connectivity index (χ2n) is 5.63. The first-order chi connectivity index (χ1) is 11.8. The number of ether oxygens (including phenoxy) is 2. The van der Waals surface area contributed by atoms with Crippen LogP contribution >= 0.6 is 0 Å². The Morgan fingerprint density at radius 1 is 1.24 bits per heavy atom. The minimum absolute atomic E-state index is 0. The van der Waals surface area contributed by atoms with Gasteiger partial charge in [-0.3, -0.25) is 0 Å². The van der Waals surface area contributed by atoms with Gasteiger partial charge in [-0.1, -0.05) is 40.3 Å². The Labute approximate surface area is 153 Å². The first-order valence-corrected chi connectivity index (χ1v) is 10.3. The molecular formula is C18H34FNO4S. The summed E-state index contributed by atoms with van der Waals surface area (Å²) in [5, 5.41) is -0.359. The highest BCUT2D eigenvalue weighted by molar-refractivity contribution is 7.90. The van der Waals surface area contributed by atoms with Crippen LogP contribution in [0.4, 0.5) is 4.39 Å². The number of allylic oxidation sites excluding steroid dienone is 3. The quantitative estimate of drug-likeness (QED) is 0.264. The summed E-state index contributed by atoms with van der Waals surface area (Å²) in [5.41, 5.74) is 0.674. The third-order valence-corrected chi connectivity index (χ3v) is 5.66. The van der Waals surface area contributed by atoms with Crippen molar-refractivity contribution >= 4 is 10.0 Å². The second-order valence-corrected chi connectivity index (χ2v) is 7.68. The Bertz CT molecular complexity index is 549. The van der Waals surface area contributed by atoms with E-state index in [1.165, 1.54) is 6.08 Å². The molecule has 7 heteroatoms. The van der Waals surface area contributed by atoms with Crippen molar-refractivity contribution < 1.29 is 23.7 Å². The van der Waals surface area contributed by atoms with Crippen LogP contribution in [-0.2, 0) is 19.5 Å². The summed E-state index contributed by atoms with van der Waals surface area (Å²) < 4.78 is 50.4. The van der Waals surface area contributed by atoms with Gasteiger partial charge in [-0.25, -0.2) is 17.5 Å². The third-order valence-electron chi connectivity index (χ3n) is 3.60. The van der Waals surface area contributed by atoms with Gasteiger partial charge in [0, 0.05) is 14.0 Å². The number of halogens is 1. The molecule has 0 aromatic heterocycles. The lowest BCUT2D eigenvalue weighted by molar-refractivity contribution is 0.0806. The van der Waals surface area contributed by atoms with Crippen LogP contribution in [0.15, 0.2) is 36.4 Å². The Kier molecular flexibility index (Phi) is 12.5. The van der Waals surface area contributed by atoms with Gasteiger partial charge in [-0.2, -0.15) is 0 Å². The number of nitrogens with one attached hydrogen (secondary N) is 1. The molecule has 0 aromatic rings. The molecule has 0 bridgehead atoms. The van der Waals surface area contributed by atoms with E-state index < -0.39 is 15.9 Å². The lowest BCUT2D eigenvalue weighted by Gasteiger charge is -2.16. The smallest absolute Gasteiger partial charge is 0.214 e. The van der Waals surface area contributed by atoms with Gasteiger partial charge >= 0.3 is 0 Å². The Hall–Kier alpha value is -1.18. The van der Waals surface area contributed by atoms with E-state index in [1.54, 1.807) is 0 Å². The molecule has 0 saturated carbocycles. The molecule has 0 heterocycles. The molecule has 0 aromatic carbocycles. The lowest BCUT2D eigenvalue weighted by Crippen LogP contribution is -2.36. The largest absolute Gasteiger partial charge is 0.491 e. The zero-order chi connectivity index (χ0) is 19.3. The van der Waals surface area contributed by atoms with Gasteiger partial charge in [0.15, 0.2) is 0 Å². The molecule has 0 aliphatic rings. The van der Waals surface area contributed by atoms with Crippen LogP contribution in [0, 0.1) is 0 Å². The van der Waals surface area contributed by atoms with Crippen LogP contribution < -0.4 is 4.72 Å². The fraction of sp³-hybridized carbons (Fsp3) is 0.667. The first-order valence-electron chi connectivity index (χ1n) is 8.71. The fourth-order valence-corrected chi connectivity index (χ4v) is 3.74. The molecule has 0 aliphatic carbocycles. The first kappa shape index (κ1) is 23.8. The van der Waals surface area contributed by atoms with E-state index in [0.29, 0.717) is 30.6 Å². The molecule has 0 rings (SSSR count). The zero-order valence-corrected chi connectivity index (χ0v) is 16.5. The molecule has 0 amide bonds. The molecule has 0 spiro atoms. The summed E-state index contributed by atoms with van der Waals surface area (Å²) in [7, 11) is -3.30. The fourth-order valence-electron chi connectivity index (χ4n) is 2.15. The molecule has 1 unspecified atom stereocenters. The van der Waals surface area contributed by atoms with Crippen LogP contribution in [0.1, 0.15) is 47.9 Å². The monoisotopic (exact) mass is 379 g/mol. The van der Waals surface area contributed by atoms with Crippen molar-refractivity contribution in [1.82, 2.24) is 4.72 Å². The highest BCUT2D eigenvalue weighted by Gasteiger charge is 2.21. The SMILES string of the molecule is C=C(F)/C=C(/OCCOCCNS(=O)(=O)C(CC)CCC)C(=C)CC.[HH]. The molecule has 0 aliphatic heterocycles. The molecule has 0 saturated heterocycles. The molecule has 25 heavy (non-hydrogen) atoms. The van der Waals surface area contributed by atoms with E-state index >= 15 is 0 Å². The molecule has 0 fully saturated rings. The zero-order valence-electron chi connectivity index (χ0n) is 15.6. The van der Waals surface area contributed by atoms with Gasteiger partial charge in [0.25, 0.3) is 0 Å². The summed E-state index contributed by atoms with van der Waals surface area (Å²) in [4.78, 5) is 0. The lowest BCUT2D eigenvalue weighted by atomic mass is 10.2. The summed E-state index contributed by atoms with van der Waals surface area (Å²) >= 11 is 0. The van der Waals surface area contributed by atoms with Gasteiger partial charge < -0.3 is 9.47 Å². The summed E-state index contributed by atoms with van der Waals surface area (Å²) in [6.45, 7) is 13.7. The standard InChI is InChI=1S/C18H32FNO4S.H2/c1-6-9-17(8-3)25(21,22)20-10-11-23-12-13-24-18(14-16(5)19)15(4)7-2;/h14,17,20H,4-13H2,1-3H3;1H/b18-14+;. The van der Waals surface area contributed by atoms with E-state index in [9.17, 15) is 12.8 Å². The van der Waals surface area contributed by atoms with Crippen molar-refractivity contribution in [3.8, 4) is 0 Å². The van der Waals surface area contributed by atoms with Crippen molar-refractivity contribution in [1.29, 1.82) is 0 Å². The Morgan fingerprint density at radius 2 is 1.92 bits per heavy atom. The maximum absolute atomic E-state index is 12.9. The number of sulfonamides is 1. The maximum Gasteiger partial charge on any atom is 0.214 e. The Morgan fingerprint density at radius 3 is 2.44 bits per heavy atom. The van der Waals surface area contributed by atoms with Crippen LogP contribution in [-0.4, -0.2) is 40.0 Å². The topological polar surface area (TPSA) is 64.6 Å². The van der Waals surface area contributed by atoms with Gasteiger partial charge in [0.2, 0.25) is 10.0 Å². The van der Waals surface area contributed by atoms with E-state index in [-0.39, 0.29) is 33.0 Å². The Balaban J connectivity index is 0. The van der Waals surface area contributed by atoms with Gasteiger partial charge in [-0.15, -0.1) is 0 Å². The molecule has 1 N–H and O–H groups in total. The van der Waals surface area contributed by atoms with Crippen LogP contribution in [0.25, 0.3) is 0 Å². The summed E-state index contributed by atoms with van der Waals surface area (Å²) in [6.07, 6.45) is 3.90. The van der Waals surface area contributed by atoms with E-state index in [4.69, 9.17) is 9.47 Å².